The predicted molar refractivity (Wildman–Crippen MR) is 50.5 cm³/mol. The standard InChI is InChI=1S/C9H16N2O3/c1-2-6(5-12)10-9(14)7-3-4-8(13)11-7/h6-7,12H,2-5H2,1H3,(H,10,14)(H,11,13)/t6?,7-/m0/s1. The number of rotatable bonds is 4. The first-order valence-corrected chi connectivity index (χ1v) is 4.88. The molecule has 1 fully saturated rings. The lowest BCUT2D eigenvalue weighted by Gasteiger charge is -2.17. The third kappa shape index (κ3) is 2.70. The third-order valence-corrected chi connectivity index (χ3v) is 2.37. The lowest BCUT2D eigenvalue weighted by molar-refractivity contribution is -0.126. The van der Waals surface area contributed by atoms with Gasteiger partial charge >= 0.3 is 0 Å². The molecule has 1 rings (SSSR count). The predicted octanol–water partition coefficient (Wildman–Crippen LogP) is -0.848. The monoisotopic (exact) mass is 200 g/mol. The summed E-state index contributed by atoms with van der Waals surface area (Å²) in [5.74, 6) is -0.279. The fourth-order valence-electron chi connectivity index (χ4n) is 1.39. The van der Waals surface area contributed by atoms with Gasteiger partial charge in [-0.25, -0.2) is 0 Å². The van der Waals surface area contributed by atoms with Gasteiger partial charge in [-0.15, -0.1) is 0 Å². The molecule has 1 aliphatic rings. The number of hydrogen-bond acceptors (Lipinski definition) is 3. The summed E-state index contributed by atoms with van der Waals surface area (Å²) in [5.41, 5.74) is 0. The molecule has 0 saturated carbocycles. The van der Waals surface area contributed by atoms with Gasteiger partial charge in [0.05, 0.1) is 12.6 Å². The van der Waals surface area contributed by atoms with Crippen LogP contribution in [-0.2, 0) is 9.59 Å². The Kier molecular flexibility index (Phi) is 3.88. The van der Waals surface area contributed by atoms with E-state index in [1.54, 1.807) is 0 Å². The molecular weight excluding hydrogens is 184 g/mol. The molecule has 5 heteroatoms. The van der Waals surface area contributed by atoms with Crippen molar-refractivity contribution in [1.82, 2.24) is 10.6 Å². The molecule has 2 atom stereocenters. The molecule has 0 aromatic heterocycles. The van der Waals surface area contributed by atoms with E-state index in [0.29, 0.717) is 19.3 Å². The quantitative estimate of drug-likeness (QED) is 0.553. The zero-order valence-corrected chi connectivity index (χ0v) is 8.25. The normalized spacial score (nSPS) is 23.0. The zero-order chi connectivity index (χ0) is 10.6. The highest BCUT2D eigenvalue weighted by Crippen LogP contribution is 2.06. The largest absolute Gasteiger partial charge is 0.394 e. The number of carbonyl (C=O) groups is 2. The van der Waals surface area contributed by atoms with Gasteiger partial charge < -0.3 is 15.7 Å². The van der Waals surface area contributed by atoms with Crippen LogP contribution in [0.25, 0.3) is 0 Å². The van der Waals surface area contributed by atoms with Gasteiger partial charge in [0.2, 0.25) is 11.8 Å². The second-order valence-corrected chi connectivity index (χ2v) is 3.46. The van der Waals surface area contributed by atoms with Gasteiger partial charge in [-0.3, -0.25) is 9.59 Å². The molecule has 0 aliphatic carbocycles. The van der Waals surface area contributed by atoms with Crippen molar-refractivity contribution in [3.05, 3.63) is 0 Å². The number of aliphatic hydroxyl groups excluding tert-OH is 1. The number of hydrogen-bond donors (Lipinski definition) is 3. The molecule has 0 aromatic carbocycles. The summed E-state index contributed by atoms with van der Waals surface area (Å²) in [6, 6.07) is -0.622. The first kappa shape index (κ1) is 11.0. The molecule has 0 aromatic rings. The van der Waals surface area contributed by atoms with Crippen molar-refractivity contribution in [2.75, 3.05) is 6.61 Å². The topological polar surface area (TPSA) is 78.4 Å². The molecule has 1 saturated heterocycles. The maximum atomic E-state index is 11.5. The van der Waals surface area contributed by atoms with Crippen LogP contribution in [-0.4, -0.2) is 35.6 Å². The van der Waals surface area contributed by atoms with Crippen LogP contribution in [0.3, 0.4) is 0 Å². The first-order valence-electron chi connectivity index (χ1n) is 4.88. The van der Waals surface area contributed by atoms with Gasteiger partial charge in [-0.2, -0.15) is 0 Å². The third-order valence-electron chi connectivity index (χ3n) is 2.37. The number of carbonyl (C=O) groups excluding carboxylic acids is 2. The molecule has 0 bridgehead atoms. The Morgan fingerprint density at radius 2 is 2.50 bits per heavy atom. The van der Waals surface area contributed by atoms with E-state index in [2.05, 4.69) is 10.6 Å². The summed E-state index contributed by atoms with van der Waals surface area (Å²) in [5, 5.41) is 14.1. The Labute approximate surface area is 82.9 Å². The summed E-state index contributed by atoms with van der Waals surface area (Å²) in [6.45, 7) is 1.82. The molecule has 80 valence electrons. The van der Waals surface area contributed by atoms with Gasteiger partial charge in [-0.1, -0.05) is 6.92 Å². The van der Waals surface area contributed by atoms with Crippen molar-refractivity contribution in [2.45, 2.75) is 38.3 Å². The highest BCUT2D eigenvalue weighted by molar-refractivity contribution is 5.90. The highest BCUT2D eigenvalue weighted by Gasteiger charge is 2.27. The van der Waals surface area contributed by atoms with Crippen LogP contribution < -0.4 is 10.6 Å². The van der Waals surface area contributed by atoms with E-state index < -0.39 is 6.04 Å². The smallest absolute Gasteiger partial charge is 0.242 e. The van der Waals surface area contributed by atoms with Crippen molar-refractivity contribution < 1.29 is 14.7 Å². The fraction of sp³-hybridized carbons (Fsp3) is 0.778. The number of aliphatic hydroxyl groups is 1. The fourth-order valence-corrected chi connectivity index (χ4v) is 1.39. The average Bonchev–Trinajstić information content (AvgIpc) is 2.61. The van der Waals surface area contributed by atoms with E-state index in [1.165, 1.54) is 0 Å². The molecule has 1 aliphatic heterocycles. The Balaban J connectivity index is 2.38. The van der Waals surface area contributed by atoms with E-state index in [0.717, 1.165) is 0 Å². The first-order chi connectivity index (χ1) is 6.67. The van der Waals surface area contributed by atoms with Gasteiger partial charge in [-0.05, 0) is 12.8 Å². The van der Waals surface area contributed by atoms with Crippen LogP contribution in [0.2, 0.25) is 0 Å². The second-order valence-electron chi connectivity index (χ2n) is 3.46. The Morgan fingerprint density at radius 1 is 1.79 bits per heavy atom. The Morgan fingerprint density at radius 3 is 2.93 bits per heavy atom. The van der Waals surface area contributed by atoms with Crippen LogP contribution in [0, 0.1) is 0 Å². The van der Waals surface area contributed by atoms with Crippen molar-refractivity contribution in [1.29, 1.82) is 0 Å². The minimum atomic E-state index is -0.414. The summed E-state index contributed by atoms with van der Waals surface area (Å²) in [7, 11) is 0. The van der Waals surface area contributed by atoms with E-state index in [9.17, 15) is 9.59 Å². The van der Waals surface area contributed by atoms with E-state index in [1.807, 2.05) is 6.92 Å². The molecule has 5 nitrogen and oxygen atoms in total. The van der Waals surface area contributed by atoms with Gasteiger partial charge in [0.15, 0.2) is 0 Å². The summed E-state index contributed by atoms with van der Waals surface area (Å²) in [6.07, 6.45) is 1.64. The molecule has 0 spiro atoms. The van der Waals surface area contributed by atoms with Crippen LogP contribution >= 0.6 is 0 Å². The minimum absolute atomic E-state index is 0.0666. The second kappa shape index (κ2) is 4.95. The van der Waals surface area contributed by atoms with Gasteiger partial charge in [0.1, 0.15) is 6.04 Å². The SMILES string of the molecule is CCC(CO)NC(=O)[C@@H]1CCC(=O)N1. The number of nitrogens with one attached hydrogen (secondary N) is 2. The van der Waals surface area contributed by atoms with E-state index in [-0.39, 0.29) is 24.5 Å². The van der Waals surface area contributed by atoms with Crippen molar-refractivity contribution >= 4 is 11.8 Å². The minimum Gasteiger partial charge on any atom is -0.394 e. The van der Waals surface area contributed by atoms with E-state index >= 15 is 0 Å². The van der Waals surface area contributed by atoms with Crippen LogP contribution in [0.15, 0.2) is 0 Å². The molecule has 1 heterocycles. The van der Waals surface area contributed by atoms with Crippen molar-refractivity contribution in [2.24, 2.45) is 0 Å². The van der Waals surface area contributed by atoms with E-state index in [4.69, 9.17) is 5.11 Å². The van der Waals surface area contributed by atoms with Crippen LogP contribution in [0.1, 0.15) is 26.2 Å². The summed E-state index contributed by atoms with van der Waals surface area (Å²) < 4.78 is 0. The van der Waals surface area contributed by atoms with Crippen molar-refractivity contribution in [3.8, 4) is 0 Å². The van der Waals surface area contributed by atoms with Gasteiger partial charge in [0.25, 0.3) is 0 Å². The Hall–Kier alpha value is -1.10. The molecule has 14 heavy (non-hydrogen) atoms. The molecule has 0 radical (unpaired) electrons. The molecular formula is C9H16N2O3. The lowest BCUT2D eigenvalue weighted by atomic mass is 10.2. The highest BCUT2D eigenvalue weighted by atomic mass is 16.3. The van der Waals surface area contributed by atoms with Crippen LogP contribution in [0.5, 0.6) is 0 Å². The maximum Gasteiger partial charge on any atom is 0.242 e. The molecule has 3 N–H and O–H groups in total. The average molecular weight is 200 g/mol. The summed E-state index contributed by atoms with van der Waals surface area (Å²) in [4.78, 5) is 22.3. The number of amides is 2. The van der Waals surface area contributed by atoms with Gasteiger partial charge in [0, 0.05) is 6.42 Å². The van der Waals surface area contributed by atoms with Crippen LogP contribution in [0.4, 0.5) is 0 Å². The lowest BCUT2D eigenvalue weighted by Crippen LogP contribution is -2.46. The molecule has 1 unspecified atom stereocenters. The summed E-state index contributed by atoms with van der Waals surface area (Å²) >= 11 is 0. The molecule has 2 amide bonds. The Bertz CT molecular complexity index is 226. The van der Waals surface area contributed by atoms with Crippen molar-refractivity contribution in [3.63, 3.8) is 0 Å². The maximum absolute atomic E-state index is 11.5. The zero-order valence-electron chi connectivity index (χ0n) is 8.25.